The Kier molecular flexibility index (Phi) is 16.6. The molecular formula is C20H35NO8. The zero-order chi connectivity index (χ0) is 21.0. The standard InChI is InChI=1S/C20H35NO8/c21-1-2-24-3-4-25-5-6-26-7-8-27-9-10-28-11-12-29-20-14-18(16-22)13-19(15-20)17-23/h13-15,22-23H,1-12,16-17,21H2. The second-order valence-electron chi connectivity index (χ2n) is 6.00. The molecule has 0 aliphatic rings. The van der Waals surface area contributed by atoms with Crippen LogP contribution < -0.4 is 10.5 Å². The molecule has 9 heteroatoms. The molecule has 0 unspecified atom stereocenters. The van der Waals surface area contributed by atoms with Gasteiger partial charge in [0.1, 0.15) is 12.4 Å². The molecule has 0 aromatic heterocycles. The lowest BCUT2D eigenvalue weighted by Gasteiger charge is -2.10. The number of aliphatic hydroxyl groups excluding tert-OH is 2. The van der Waals surface area contributed by atoms with Gasteiger partial charge >= 0.3 is 0 Å². The van der Waals surface area contributed by atoms with Crippen molar-refractivity contribution in [2.75, 3.05) is 79.2 Å². The number of rotatable bonds is 20. The number of benzene rings is 1. The number of nitrogens with two attached hydrogens (primary N) is 1. The number of aliphatic hydroxyl groups is 2. The molecule has 0 aliphatic carbocycles. The van der Waals surface area contributed by atoms with Crippen LogP contribution in [0.3, 0.4) is 0 Å². The molecule has 168 valence electrons. The second kappa shape index (κ2) is 18.7. The third kappa shape index (κ3) is 14.3. The Hall–Kier alpha value is -1.30. The van der Waals surface area contributed by atoms with E-state index in [1.165, 1.54) is 0 Å². The lowest BCUT2D eigenvalue weighted by molar-refractivity contribution is -0.0122. The van der Waals surface area contributed by atoms with E-state index in [4.69, 9.17) is 34.2 Å². The van der Waals surface area contributed by atoms with Gasteiger partial charge in [0.2, 0.25) is 0 Å². The molecule has 0 saturated carbocycles. The maximum absolute atomic E-state index is 9.20. The first-order valence-corrected chi connectivity index (χ1v) is 9.86. The Bertz CT molecular complexity index is 481. The number of ether oxygens (including phenoxy) is 6. The van der Waals surface area contributed by atoms with Crippen LogP contribution in [0.25, 0.3) is 0 Å². The van der Waals surface area contributed by atoms with Crippen LogP contribution in [0, 0.1) is 0 Å². The zero-order valence-electron chi connectivity index (χ0n) is 17.1. The smallest absolute Gasteiger partial charge is 0.120 e. The summed E-state index contributed by atoms with van der Waals surface area (Å²) in [6.45, 7) is 5.75. The van der Waals surface area contributed by atoms with E-state index in [0.29, 0.717) is 96.1 Å². The van der Waals surface area contributed by atoms with E-state index in [1.807, 2.05) is 0 Å². The van der Waals surface area contributed by atoms with Gasteiger partial charge in [-0.25, -0.2) is 0 Å². The molecule has 0 spiro atoms. The van der Waals surface area contributed by atoms with Crippen molar-refractivity contribution < 1.29 is 38.6 Å². The molecule has 0 saturated heterocycles. The lowest BCUT2D eigenvalue weighted by atomic mass is 10.1. The van der Waals surface area contributed by atoms with Crippen LogP contribution >= 0.6 is 0 Å². The van der Waals surface area contributed by atoms with Crippen LogP contribution in [0.15, 0.2) is 18.2 Å². The van der Waals surface area contributed by atoms with Crippen molar-refractivity contribution in [2.45, 2.75) is 13.2 Å². The number of hydrogen-bond acceptors (Lipinski definition) is 9. The van der Waals surface area contributed by atoms with E-state index in [-0.39, 0.29) is 13.2 Å². The first-order valence-electron chi connectivity index (χ1n) is 9.86. The summed E-state index contributed by atoms with van der Waals surface area (Å²) in [6.07, 6.45) is 0. The minimum atomic E-state index is -0.0982. The molecule has 29 heavy (non-hydrogen) atoms. The SMILES string of the molecule is NCCOCCOCCOCCOCCOCCOc1cc(CO)cc(CO)c1. The molecule has 0 fully saturated rings. The molecule has 0 heterocycles. The van der Waals surface area contributed by atoms with E-state index < -0.39 is 0 Å². The molecule has 0 atom stereocenters. The van der Waals surface area contributed by atoms with Crippen molar-refractivity contribution in [3.63, 3.8) is 0 Å². The quantitative estimate of drug-likeness (QED) is 0.253. The Morgan fingerprint density at radius 3 is 1.31 bits per heavy atom. The third-order valence-electron chi connectivity index (χ3n) is 3.64. The van der Waals surface area contributed by atoms with Crippen LogP contribution in [0.2, 0.25) is 0 Å². The molecule has 0 aliphatic heterocycles. The van der Waals surface area contributed by atoms with Crippen LogP contribution in [0.5, 0.6) is 5.75 Å². The molecule has 1 rings (SSSR count). The van der Waals surface area contributed by atoms with Gasteiger partial charge in [-0.3, -0.25) is 0 Å². The maximum Gasteiger partial charge on any atom is 0.120 e. The monoisotopic (exact) mass is 417 g/mol. The van der Waals surface area contributed by atoms with Gasteiger partial charge in [0.15, 0.2) is 0 Å². The van der Waals surface area contributed by atoms with E-state index >= 15 is 0 Å². The fourth-order valence-electron chi connectivity index (χ4n) is 2.28. The van der Waals surface area contributed by atoms with Gasteiger partial charge in [-0.1, -0.05) is 6.07 Å². The van der Waals surface area contributed by atoms with Crippen molar-refractivity contribution in [3.05, 3.63) is 29.3 Å². The summed E-state index contributed by atoms with van der Waals surface area (Å²) < 4.78 is 32.3. The lowest BCUT2D eigenvalue weighted by Crippen LogP contribution is -2.15. The average molecular weight is 417 g/mol. The molecule has 9 nitrogen and oxygen atoms in total. The van der Waals surface area contributed by atoms with Crippen molar-refractivity contribution in [1.29, 1.82) is 0 Å². The first-order chi connectivity index (χ1) is 14.3. The Morgan fingerprint density at radius 2 is 0.931 bits per heavy atom. The highest BCUT2D eigenvalue weighted by molar-refractivity contribution is 5.33. The Balaban J connectivity index is 1.86. The van der Waals surface area contributed by atoms with E-state index in [9.17, 15) is 10.2 Å². The summed E-state index contributed by atoms with van der Waals surface area (Å²) in [5.74, 6) is 0.602. The molecule has 1 aromatic rings. The highest BCUT2D eigenvalue weighted by Crippen LogP contribution is 2.17. The van der Waals surface area contributed by atoms with Crippen LogP contribution in [-0.2, 0) is 36.9 Å². The zero-order valence-corrected chi connectivity index (χ0v) is 17.1. The predicted octanol–water partition coefficient (Wildman–Crippen LogP) is 0.0917. The Morgan fingerprint density at radius 1 is 0.552 bits per heavy atom. The van der Waals surface area contributed by atoms with Gasteiger partial charge in [-0.15, -0.1) is 0 Å². The van der Waals surface area contributed by atoms with Gasteiger partial charge in [-0.2, -0.15) is 0 Å². The number of hydrogen-bond donors (Lipinski definition) is 3. The van der Waals surface area contributed by atoms with E-state index in [0.717, 1.165) is 0 Å². The largest absolute Gasteiger partial charge is 0.491 e. The minimum Gasteiger partial charge on any atom is -0.491 e. The van der Waals surface area contributed by atoms with Gasteiger partial charge < -0.3 is 44.4 Å². The predicted molar refractivity (Wildman–Crippen MR) is 107 cm³/mol. The summed E-state index contributed by atoms with van der Waals surface area (Å²) in [4.78, 5) is 0. The summed E-state index contributed by atoms with van der Waals surface area (Å²) >= 11 is 0. The molecule has 0 radical (unpaired) electrons. The summed E-state index contributed by atoms with van der Waals surface area (Å²) in [6, 6.07) is 5.21. The van der Waals surface area contributed by atoms with Gasteiger partial charge in [0.05, 0.1) is 79.3 Å². The fraction of sp³-hybridized carbons (Fsp3) is 0.700. The average Bonchev–Trinajstić information content (AvgIpc) is 2.75. The topological polar surface area (TPSA) is 122 Å². The molecular weight excluding hydrogens is 382 g/mol. The van der Waals surface area contributed by atoms with Crippen LogP contribution in [0.1, 0.15) is 11.1 Å². The normalized spacial score (nSPS) is 11.1. The highest BCUT2D eigenvalue weighted by atomic mass is 16.6. The molecule has 4 N–H and O–H groups in total. The van der Waals surface area contributed by atoms with Crippen molar-refractivity contribution in [3.8, 4) is 5.75 Å². The van der Waals surface area contributed by atoms with E-state index in [1.54, 1.807) is 18.2 Å². The highest BCUT2D eigenvalue weighted by Gasteiger charge is 2.01. The van der Waals surface area contributed by atoms with Crippen molar-refractivity contribution in [2.24, 2.45) is 5.73 Å². The summed E-state index contributed by atoms with van der Waals surface area (Å²) in [5, 5.41) is 18.4. The maximum atomic E-state index is 9.20. The molecule has 1 aromatic carbocycles. The summed E-state index contributed by atoms with van der Waals surface area (Å²) in [5.41, 5.74) is 6.70. The van der Waals surface area contributed by atoms with Gasteiger partial charge in [-0.05, 0) is 23.3 Å². The second-order valence-corrected chi connectivity index (χ2v) is 6.00. The molecule has 0 bridgehead atoms. The van der Waals surface area contributed by atoms with Gasteiger partial charge in [0, 0.05) is 6.54 Å². The minimum absolute atomic E-state index is 0.0982. The summed E-state index contributed by atoms with van der Waals surface area (Å²) in [7, 11) is 0. The van der Waals surface area contributed by atoms with Crippen LogP contribution in [0.4, 0.5) is 0 Å². The van der Waals surface area contributed by atoms with Crippen LogP contribution in [-0.4, -0.2) is 89.4 Å². The van der Waals surface area contributed by atoms with Crippen molar-refractivity contribution >= 4 is 0 Å². The van der Waals surface area contributed by atoms with Crippen molar-refractivity contribution in [1.82, 2.24) is 0 Å². The molecule has 0 amide bonds. The van der Waals surface area contributed by atoms with E-state index in [2.05, 4.69) is 0 Å². The van der Waals surface area contributed by atoms with Gasteiger partial charge in [0.25, 0.3) is 0 Å². The fourth-order valence-corrected chi connectivity index (χ4v) is 2.28. The first kappa shape index (κ1) is 25.7. The Labute approximate surface area is 172 Å². The third-order valence-corrected chi connectivity index (χ3v) is 3.64.